The summed E-state index contributed by atoms with van der Waals surface area (Å²) < 4.78 is 8.95. The number of carbonyl (C=O) groups is 1. The highest BCUT2D eigenvalue weighted by Crippen LogP contribution is 2.36. The van der Waals surface area contributed by atoms with Gasteiger partial charge in [0.2, 0.25) is 0 Å². The number of nitrogens with one attached hydrogen (secondary N) is 1. The van der Waals surface area contributed by atoms with Gasteiger partial charge in [-0.05, 0) is 78.5 Å². The van der Waals surface area contributed by atoms with E-state index in [9.17, 15) is 4.79 Å². The molecule has 5 nitrogen and oxygen atoms in total. The van der Waals surface area contributed by atoms with Crippen molar-refractivity contribution in [1.82, 2.24) is 10.3 Å². The molecule has 1 aliphatic rings. The Morgan fingerprint density at radius 1 is 1.19 bits per heavy atom. The van der Waals surface area contributed by atoms with E-state index >= 15 is 0 Å². The van der Waals surface area contributed by atoms with Gasteiger partial charge in [-0.3, -0.25) is 4.79 Å². The molecule has 0 atom stereocenters. The second-order valence-corrected chi connectivity index (χ2v) is 10.8. The lowest BCUT2D eigenvalue weighted by molar-refractivity contribution is -0.115. The van der Waals surface area contributed by atoms with E-state index in [0.29, 0.717) is 15.8 Å². The molecule has 3 heterocycles. The van der Waals surface area contributed by atoms with Gasteiger partial charge in [0, 0.05) is 10.5 Å². The fraction of sp³-hybridized carbons (Fsp3) is 0.0455. The third-order valence-electron chi connectivity index (χ3n) is 4.37. The molecule has 0 spiro atoms. The number of para-hydroxylation sites is 1. The number of amides is 1. The monoisotopic (exact) mass is 527 g/mol. The zero-order chi connectivity index (χ0) is 21.4. The third-order valence-corrected chi connectivity index (χ3v) is 7.79. The van der Waals surface area contributed by atoms with Crippen LogP contribution < -0.4 is 5.32 Å². The molecule has 1 saturated heterocycles. The lowest BCUT2D eigenvalue weighted by atomic mass is 10.2. The van der Waals surface area contributed by atoms with Gasteiger partial charge < -0.3 is 9.73 Å². The van der Waals surface area contributed by atoms with E-state index in [1.165, 1.54) is 23.5 Å². The number of nitrogens with zero attached hydrogens (tertiary/aromatic N) is 2. The molecule has 4 aromatic rings. The van der Waals surface area contributed by atoms with Crippen LogP contribution in [-0.4, -0.2) is 16.1 Å². The summed E-state index contributed by atoms with van der Waals surface area (Å²) in [7, 11) is 0. The number of thiazole rings is 1. The molecule has 1 aliphatic heterocycles. The van der Waals surface area contributed by atoms with Crippen molar-refractivity contribution < 1.29 is 9.21 Å². The van der Waals surface area contributed by atoms with Crippen LogP contribution in [0, 0.1) is 6.92 Å². The molecule has 154 valence electrons. The number of benzene rings is 2. The van der Waals surface area contributed by atoms with Gasteiger partial charge in [0.15, 0.2) is 14.6 Å². The standard InChI is InChI=1S/C22H14BrN3O2S3/c1-12-10-13(23)6-8-15(12)24-21-26-20(27)18(29-21)11-14-7-9-19(28-14)31-22-25-16-4-2-3-5-17(16)30-22/h2-11H,1H3,(H,24,26,27)/b18-11-. The number of aryl methyl sites for hydroxylation is 1. The second kappa shape index (κ2) is 8.66. The highest BCUT2D eigenvalue weighted by molar-refractivity contribution is 9.10. The maximum Gasteiger partial charge on any atom is 0.264 e. The zero-order valence-electron chi connectivity index (χ0n) is 16.1. The van der Waals surface area contributed by atoms with E-state index in [2.05, 4.69) is 37.3 Å². The Morgan fingerprint density at radius 3 is 2.90 bits per heavy atom. The number of hydrogen-bond acceptors (Lipinski definition) is 7. The Balaban J connectivity index is 1.32. The number of carbonyl (C=O) groups excluding carboxylic acids is 1. The molecule has 0 aliphatic carbocycles. The number of aromatic nitrogens is 1. The Bertz CT molecular complexity index is 1340. The molecule has 0 radical (unpaired) electrons. The summed E-state index contributed by atoms with van der Waals surface area (Å²) >= 11 is 7.85. The molecule has 1 fully saturated rings. The maximum absolute atomic E-state index is 12.4. The fourth-order valence-electron chi connectivity index (χ4n) is 2.91. The minimum Gasteiger partial charge on any atom is -0.450 e. The molecule has 31 heavy (non-hydrogen) atoms. The zero-order valence-corrected chi connectivity index (χ0v) is 20.1. The highest BCUT2D eigenvalue weighted by Gasteiger charge is 2.24. The third kappa shape index (κ3) is 4.64. The van der Waals surface area contributed by atoms with Gasteiger partial charge in [-0.1, -0.05) is 28.1 Å². The van der Waals surface area contributed by atoms with Gasteiger partial charge in [-0.25, -0.2) is 9.98 Å². The van der Waals surface area contributed by atoms with Crippen LogP contribution in [0.15, 0.2) is 82.8 Å². The van der Waals surface area contributed by atoms with Gasteiger partial charge in [0.25, 0.3) is 5.91 Å². The summed E-state index contributed by atoms with van der Waals surface area (Å²) in [6, 6.07) is 17.6. The second-order valence-electron chi connectivity index (χ2n) is 6.62. The SMILES string of the molecule is Cc1cc(Br)ccc1N=C1NC(=O)/C(=C/c2ccc(Sc3nc4ccccc4s3)o2)S1. The first-order valence-electron chi connectivity index (χ1n) is 9.22. The van der Waals surface area contributed by atoms with E-state index in [1.807, 2.05) is 55.5 Å². The molecule has 0 saturated carbocycles. The molecular formula is C22H14BrN3O2S3. The van der Waals surface area contributed by atoms with E-state index in [0.717, 1.165) is 35.4 Å². The summed E-state index contributed by atoms with van der Waals surface area (Å²) in [5, 5.41) is 4.10. The number of halogens is 1. The number of rotatable bonds is 4. The van der Waals surface area contributed by atoms with Crippen LogP contribution in [0.4, 0.5) is 5.69 Å². The van der Waals surface area contributed by atoms with Crippen LogP contribution in [0.25, 0.3) is 16.3 Å². The van der Waals surface area contributed by atoms with Crippen molar-refractivity contribution in [2.45, 2.75) is 16.4 Å². The van der Waals surface area contributed by atoms with Gasteiger partial charge in [-0.2, -0.15) is 0 Å². The smallest absolute Gasteiger partial charge is 0.264 e. The Morgan fingerprint density at radius 2 is 2.06 bits per heavy atom. The van der Waals surface area contributed by atoms with Gasteiger partial charge in [0.1, 0.15) is 5.76 Å². The summed E-state index contributed by atoms with van der Waals surface area (Å²) in [4.78, 5) is 22.1. The largest absolute Gasteiger partial charge is 0.450 e. The van der Waals surface area contributed by atoms with Crippen LogP contribution in [0.1, 0.15) is 11.3 Å². The van der Waals surface area contributed by atoms with Gasteiger partial charge >= 0.3 is 0 Å². The molecule has 9 heteroatoms. The molecule has 0 bridgehead atoms. The molecule has 0 unspecified atom stereocenters. The molecule has 2 aromatic carbocycles. The van der Waals surface area contributed by atoms with Crippen LogP contribution >= 0.6 is 50.8 Å². The fourth-order valence-corrected chi connectivity index (χ4v) is 6.17. The average molecular weight is 528 g/mol. The Labute approximate surface area is 199 Å². The number of amidine groups is 1. The van der Waals surface area contributed by atoms with Crippen LogP contribution in [0.5, 0.6) is 0 Å². The number of aliphatic imine (C=N–C) groups is 1. The first-order valence-corrected chi connectivity index (χ1v) is 12.5. The van der Waals surface area contributed by atoms with Gasteiger partial charge in [-0.15, -0.1) is 11.3 Å². The number of furan rings is 1. The van der Waals surface area contributed by atoms with E-state index < -0.39 is 0 Å². The van der Waals surface area contributed by atoms with Crippen molar-refractivity contribution in [2.75, 3.05) is 0 Å². The molecule has 1 amide bonds. The first-order chi connectivity index (χ1) is 15.0. The number of thioether (sulfide) groups is 1. The Kier molecular flexibility index (Phi) is 5.75. The summed E-state index contributed by atoms with van der Waals surface area (Å²) in [5.74, 6) is 0.428. The quantitative estimate of drug-likeness (QED) is 0.289. The predicted molar refractivity (Wildman–Crippen MR) is 132 cm³/mol. The number of hydrogen-bond donors (Lipinski definition) is 1. The molecule has 2 aromatic heterocycles. The lowest BCUT2D eigenvalue weighted by Crippen LogP contribution is -2.19. The van der Waals surface area contributed by atoms with Crippen LogP contribution in [-0.2, 0) is 4.79 Å². The minimum absolute atomic E-state index is 0.185. The summed E-state index contributed by atoms with van der Waals surface area (Å²) in [6.45, 7) is 1.98. The van der Waals surface area contributed by atoms with E-state index in [1.54, 1.807) is 17.4 Å². The maximum atomic E-state index is 12.4. The lowest BCUT2D eigenvalue weighted by Gasteiger charge is -2.01. The topological polar surface area (TPSA) is 67.5 Å². The van der Waals surface area contributed by atoms with Crippen LogP contribution in [0.3, 0.4) is 0 Å². The summed E-state index contributed by atoms with van der Waals surface area (Å²) in [6.07, 6.45) is 1.74. The molecule has 1 N–H and O–H groups in total. The summed E-state index contributed by atoms with van der Waals surface area (Å²) in [5.41, 5.74) is 2.83. The van der Waals surface area contributed by atoms with Crippen molar-refractivity contribution in [3.05, 3.63) is 75.3 Å². The Hall–Kier alpha value is -2.33. The van der Waals surface area contributed by atoms with Crippen molar-refractivity contribution in [2.24, 2.45) is 4.99 Å². The predicted octanol–water partition coefficient (Wildman–Crippen LogP) is 7.00. The first kappa shape index (κ1) is 20.6. The molecule has 5 rings (SSSR count). The van der Waals surface area contributed by atoms with Crippen molar-refractivity contribution in [3.63, 3.8) is 0 Å². The highest BCUT2D eigenvalue weighted by atomic mass is 79.9. The van der Waals surface area contributed by atoms with E-state index in [4.69, 9.17) is 4.42 Å². The van der Waals surface area contributed by atoms with Gasteiger partial charge in [0.05, 0.1) is 20.8 Å². The van der Waals surface area contributed by atoms with Crippen LogP contribution in [0.2, 0.25) is 0 Å². The molecular weight excluding hydrogens is 514 g/mol. The van der Waals surface area contributed by atoms with Crippen molar-refractivity contribution in [1.29, 1.82) is 0 Å². The average Bonchev–Trinajstić information content (AvgIpc) is 3.43. The normalized spacial score (nSPS) is 16.5. The van der Waals surface area contributed by atoms with E-state index in [-0.39, 0.29) is 5.91 Å². The van der Waals surface area contributed by atoms with Crippen molar-refractivity contribution in [3.8, 4) is 0 Å². The van der Waals surface area contributed by atoms with Crippen molar-refractivity contribution >= 4 is 83.8 Å². The minimum atomic E-state index is -0.185. The number of fused-ring (bicyclic) bond motifs is 1.